The van der Waals surface area contributed by atoms with Crippen molar-refractivity contribution >= 4 is 5.91 Å². The molecule has 1 rings (SSSR count). The average molecular weight is 186 g/mol. The first-order valence-corrected chi connectivity index (χ1v) is 4.76. The van der Waals surface area contributed by atoms with Gasteiger partial charge in [-0.25, -0.2) is 0 Å². The second-order valence-corrected chi connectivity index (χ2v) is 3.44. The number of carbonyl (C=O) groups is 1. The third-order valence-electron chi connectivity index (χ3n) is 2.28. The predicted molar refractivity (Wildman–Crippen MR) is 50.5 cm³/mol. The maximum atomic E-state index is 10.6. The smallest absolute Gasteiger partial charge is 0.216 e. The zero-order valence-electron chi connectivity index (χ0n) is 8.38. The maximum Gasteiger partial charge on any atom is 0.216 e. The molecule has 1 unspecified atom stereocenters. The quantitative estimate of drug-likeness (QED) is 0.666. The molecule has 0 aliphatic carbocycles. The maximum absolute atomic E-state index is 10.6. The first kappa shape index (κ1) is 10.5. The summed E-state index contributed by atoms with van der Waals surface area (Å²) in [4.78, 5) is 12.9. The van der Waals surface area contributed by atoms with Crippen LogP contribution in [0.4, 0.5) is 0 Å². The summed E-state index contributed by atoms with van der Waals surface area (Å²) in [6, 6.07) is 0.475. The van der Waals surface area contributed by atoms with E-state index in [4.69, 9.17) is 4.74 Å². The first-order chi connectivity index (χ1) is 6.20. The Labute approximate surface area is 79.2 Å². The topological polar surface area (TPSA) is 41.6 Å². The van der Waals surface area contributed by atoms with E-state index in [0.29, 0.717) is 6.04 Å². The van der Waals surface area contributed by atoms with Crippen LogP contribution >= 0.6 is 0 Å². The van der Waals surface area contributed by atoms with Gasteiger partial charge in [0.2, 0.25) is 5.91 Å². The summed E-state index contributed by atoms with van der Waals surface area (Å²) in [5.74, 6) is 0.0425. The van der Waals surface area contributed by atoms with Crippen molar-refractivity contribution in [3.05, 3.63) is 0 Å². The molecule has 1 N–H and O–H groups in total. The molecule has 13 heavy (non-hydrogen) atoms. The number of ether oxygens (including phenoxy) is 1. The van der Waals surface area contributed by atoms with Crippen molar-refractivity contribution in [1.82, 2.24) is 10.2 Å². The van der Waals surface area contributed by atoms with E-state index in [9.17, 15) is 4.79 Å². The van der Waals surface area contributed by atoms with E-state index in [1.54, 1.807) is 6.92 Å². The largest absolute Gasteiger partial charge is 0.379 e. The molecule has 1 fully saturated rings. The van der Waals surface area contributed by atoms with Gasteiger partial charge in [-0.05, 0) is 6.92 Å². The molecule has 0 aromatic rings. The highest BCUT2D eigenvalue weighted by molar-refractivity contribution is 5.72. The molecule has 0 aromatic carbocycles. The molecular formula is C9H18N2O2. The molecule has 1 aliphatic heterocycles. The second-order valence-electron chi connectivity index (χ2n) is 3.44. The molecule has 1 aliphatic rings. The molecule has 0 bridgehead atoms. The Balaban J connectivity index is 2.15. The zero-order valence-corrected chi connectivity index (χ0v) is 8.38. The van der Waals surface area contributed by atoms with Gasteiger partial charge in [-0.15, -0.1) is 0 Å². The Morgan fingerprint density at radius 3 is 3.08 bits per heavy atom. The summed E-state index contributed by atoms with van der Waals surface area (Å²) in [7, 11) is 0. The fraction of sp³-hybridized carbons (Fsp3) is 0.889. The van der Waals surface area contributed by atoms with Gasteiger partial charge in [-0.2, -0.15) is 0 Å². The third-order valence-corrected chi connectivity index (χ3v) is 2.28. The number of rotatable bonds is 3. The molecule has 0 spiro atoms. The second kappa shape index (κ2) is 5.19. The highest BCUT2D eigenvalue weighted by Gasteiger charge is 2.17. The van der Waals surface area contributed by atoms with Crippen LogP contribution in [0.1, 0.15) is 13.8 Å². The van der Waals surface area contributed by atoms with Gasteiger partial charge in [-0.3, -0.25) is 9.69 Å². The SMILES string of the molecule is CC(=O)NCCN1CCOCC1C. The molecule has 1 atom stereocenters. The summed E-state index contributed by atoms with van der Waals surface area (Å²) < 4.78 is 5.31. The minimum absolute atomic E-state index is 0.0425. The van der Waals surface area contributed by atoms with Gasteiger partial charge >= 0.3 is 0 Å². The Morgan fingerprint density at radius 1 is 1.69 bits per heavy atom. The number of nitrogens with zero attached hydrogens (tertiary/aromatic N) is 1. The van der Waals surface area contributed by atoms with Gasteiger partial charge in [0, 0.05) is 32.6 Å². The van der Waals surface area contributed by atoms with E-state index in [2.05, 4.69) is 17.1 Å². The van der Waals surface area contributed by atoms with Crippen LogP contribution in [-0.4, -0.2) is 49.7 Å². The molecule has 4 heteroatoms. The van der Waals surface area contributed by atoms with Gasteiger partial charge in [-0.1, -0.05) is 0 Å². The molecule has 0 radical (unpaired) electrons. The molecule has 1 heterocycles. The van der Waals surface area contributed by atoms with Crippen molar-refractivity contribution in [2.75, 3.05) is 32.8 Å². The summed E-state index contributed by atoms with van der Waals surface area (Å²) in [6.07, 6.45) is 0. The number of morpholine rings is 1. The molecule has 0 saturated carbocycles. The fourth-order valence-electron chi connectivity index (χ4n) is 1.47. The number of hydrogen-bond acceptors (Lipinski definition) is 3. The Morgan fingerprint density at radius 2 is 2.46 bits per heavy atom. The summed E-state index contributed by atoms with van der Waals surface area (Å²) in [5.41, 5.74) is 0. The molecule has 76 valence electrons. The standard InChI is InChI=1S/C9H18N2O2/c1-8-7-13-6-5-11(8)4-3-10-9(2)12/h8H,3-7H2,1-2H3,(H,10,12). The molecule has 1 saturated heterocycles. The number of hydrogen-bond donors (Lipinski definition) is 1. The van der Waals surface area contributed by atoms with Crippen LogP contribution in [0.15, 0.2) is 0 Å². The molecule has 0 aromatic heterocycles. The Hall–Kier alpha value is -0.610. The highest BCUT2D eigenvalue weighted by Crippen LogP contribution is 2.04. The van der Waals surface area contributed by atoms with Crippen molar-refractivity contribution < 1.29 is 9.53 Å². The monoisotopic (exact) mass is 186 g/mol. The first-order valence-electron chi connectivity index (χ1n) is 4.76. The molecule has 4 nitrogen and oxygen atoms in total. The van der Waals surface area contributed by atoms with Gasteiger partial charge in [0.1, 0.15) is 0 Å². The number of carbonyl (C=O) groups excluding carboxylic acids is 1. The summed E-state index contributed by atoms with van der Waals surface area (Å²) in [5, 5.41) is 2.79. The number of amides is 1. The van der Waals surface area contributed by atoms with Crippen LogP contribution in [0.5, 0.6) is 0 Å². The van der Waals surface area contributed by atoms with E-state index in [1.165, 1.54) is 0 Å². The Bertz CT molecular complexity index is 173. The highest BCUT2D eigenvalue weighted by atomic mass is 16.5. The summed E-state index contributed by atoms with van der Waals surface area (Å²) in [6.45, 7) is 7.94. The predicted octanol–water partition coefficient (Wildman–Crippen LogP) is -0.157. The van der Waals surface area contributed by atoms with Crippen LogP contribution in [0.25, 0.3) is 0 Å². The third kappa shape index (κ3) is 3.74. The van der Waals surface area contributed by atoms with Crippen LogP contribution in [0, 0.1) is 0 Å². The number of nitrogens with one attached hydrogen (secondary N) is 1. The fourth-order valence-corrected chi connectivity index (χ4v) is 1.47. The lowest BCUT2D eigenvalue weighted by atomic mass is 10.2. The lowest BCUT2D eigenvalue weighted by Gasteiger charge is -2.33. The van der Waals surface area contributed by atoms with Crippen molar-refractivity contribution in [1.29, 1.82) is 0 Å². The van der Waals surface area contributed by atoms with Crippen LogP contribution in [0.3, 0.4) is 0 Å². The van der Waals surface area contributed by atoms with Crippen LogP contribution in [0.2, 0.25) is 0 Å². The van der Waals surface area contributed by atoms with Crippen molar-refractivity contribution in [3.8, 4) is 0 Å². The average Bonchev–Trinajstić information content (AvgIpc) is 2.08. The van der Waals surface area contributed by atoms with E-state index in [0.717, 1.165) is 32.8 Å². The van der Waals surface area contributed by atoms with Gasteiger partial charge in [0.15, 0.2) is 0 Å². The minimum atomic E-state index is 0.0425. The molecule has 1 amide bonds. The van der Waals surface area contributed by atoms with Crippen molar-refractivity contribution in [3.63, 3.8) is 0 Å². The zero-order chi connectivity index (χ0) is 9.68. The van der Waals surface area contributed by atoms with Crippen LogP contribution < -0.4 is 5.32 Å². The van der Waals surface area contributed by atoms with Crippen molar-refractivity contribution in [2.45, 2.75) is 19.9 Å². The normalized spacial score (nSPS) is 24.3. The van der Waals surface area contributed by atoms with E-state index in [1.807, 2.05) is 0 Å². The Kier molecular flexibility index (Phi) is 4.18. The lowest BCUT2D eigenvalue weighted by molar-refractivity contribution is -0.119. The van der Waals surface area contributed by atoms with E-state index < -0.39 is 0 Å². The van der Waals surface area contributed by atoms with Crippen molar-refractivity contribution in [2.24, 2.45) is 0 Å². The van der Waals surface area contributed by atoms with Gasteiger partial charge in [0.05, 0.1) is 13.2 Å². The van der Waals surface area contributed by atoms with E-state index >= 15 is 0 Å². The van der Waals surface area contributed by atoms with Gasteiger partial charge in [0.25, 0.3) is 0 Å². The lowest BCUT2D eigenvalue weighted by Crippen LogP contribution is -2.46. The summed E-state index contributed by atoms with van der Waals surface area (Å²) >= 11 is 0. The molecular weight excluding hydrogens is 168 g/mol. The van der Waals surface area contributed by atoms with Crippen LogP contribution in [-0.2, 0) is 9.53 Å². The van der Waals surface area contributed by atoms with E-state index in [-0.39, 0.29) is 5.91 Å². The van der Waals surface area contributed by atoms with Gasteiger partial charge < -0.3 is 10.1 Å². The minimum Gasteiger partial charge on any atom is -0.379 e.